The number of rotatable bonds is 2. The van der Waals surface area contributed by atoms with E-state index >= 15 is 0 Å². The molecule has 88 valence electrons. The summed E-state index contributed by atoms with van der Waals surface area (Å²) in [6.07, 6.45) is 2.53. The average Bonchev–Trinajstić information content (AvgIpc) is 2.29. The normalized spacial score (nSPS) is 20.8. The summed E-state index contributed by atoms with van der Waals surface area (Å²) in [5, 5.41) is 3.47. The third-order valence-electron chi connectivity index (χ3n) is 3.39. The molecule has 2 rings (SSSR count). The van der Waals surface area contributed by atoms with E-state index in [1.807, 2.05) is 0 Å². The lowest BCUT2D eigenvalue weighted by atomic mass is 9.88. The van der Waals surface area contributed by atoms with E-state index in [1.54, 1.807) is 7.11 Å². The van der Waals surface area contributed by atoms with Crippen LogP contribution < -0.4 is 10.1 Å². The number of hydrogen-bond acceptors (Lipinski definition) is 2. The van der Waals surface area contributed by atoms with Crippen LogP contribution in [0.2, 0.25) is 0 Å². The molecule has 1 aliphatic rings. The molecule has 1 aromatic rings. The highest BCUT2D eigenvalue weighted by molar-refractivity contribution is 5.46. The van der Waals surface area contributed by atoms with Gasteiger partial charge in [0.2, 0.25) is 0 Å². The molecule has 1 aliphatic heterocycles. The quantitative estimate of drug-likeness (QED) is 0.826. The zero-order valence-electron chi connectivity index (χ0n) is 10.5. The van der Waals surface area contributed by atoms with E-state index < -0.39 is 0 Å². The fraction of sp³-hybridized carbons (Fsp3) is 0.571. The standard InChI is InChI=1S/C14H21NO/c1-10-7-11(2)14(16-3)13(8-10)12-5-4-6-15-9-12/h7-8,12,15H,4-6,9H2,1-3H3. The van der Waals surface area contributed by atoms with Gasteiger partial charge in [0, 0.05) is 12.5 Å². The lowest BCUT2D eigenvalue weighted by Gasteiger charge is -2.25. The van der Waals surface area contributed by atoms with Crippen LogP contribution in [-0.2, 0) is 0 Å². The minimum Gasteiger partial charge on any atom is -0.496 e. The van der Waals surface area contributed by atoms with Gasteiger partial charge in [-0.15, -0.1) is 0 Å². The Bertz CT molecular complexity index is 367. The summed E-state index contributed by atoms with van der Waals surface area (Å²) in [7, 11) is 1.78. The second-order valence-electron chi connectivity index (χ2n) is 4.75. The van der Waals surface area contributed by atoms with Gasteiger partial charge in [-0.3, -0.25) is 0 Å². The Morgan fingerprint density at radius 1 is 1.31 bits per heavy atom. The van der Waals surface area contributed by atoms with Gasteiger partial charge in [-0.2, -0.15) is 0 Å². The number of hydrogen-bond donors (Lipinski definition) is 1. The third-order valence-corrected chi connectivity index (χ3v) is 3.39. The second-order valence-corrected chi connectivity index (χ2v) is 4.75. The van der Waals surface area contributed by atoms with Crippen LogP contribution in [0.1, 0.15) is 35.4 Å². The number of nitrogens with one attached hydrogen (secondary N) is 1. The Morgan fingerprint density at radius 2 is 2.12 bits per heavy atom. The Hall–Kier alpha value is -1.02. The number of ether oxygens (including phenoxy) is 1. The van der Waals surface area contributed by atoms with Crippen molar-refractivity contribution < 1.29 is 4.74 Å². The number of piperidine rings is 1. The van der Waals surface area contributed by atoms with Crippen LogP contribution in [0.25, 0.3) is 0 Å². The van der Waals surface area contributed by atoms with Crippen molar-refractivity contribution in [3.63, 3.8) is 0 Å². The van der Waals surface area contributed by atoms with Crippen molar-refractivity contribution in [3.8, 4) is 5.75 Å². The molecule has 0 aliphatic carbocycles. The SMILES string of the molecule is COc1c(C)cc(C)cc1C1CCCNC1. The molecule has 0 spiro atoms. The van der Waals surface area contributed by atoms with Gasteiger partial charge in [0.1, 0.15) is 5.75 Å². The molecule has 16 heavy (non-hydrogen) atoms. The van der Waals surface area contributed by atoms with Gasteiger partial charge in [0.05, 0.1) is 7.11 Å². The molecule has 2 nitrogen and oxygen atoms in total. The maximum atomic E-state index is 5.56. The highest BCUT2D eigenvalue weighted by Gasteiger charge is 2.20. The van der Waals surface area contributed by atoms with Crippen LogP contribution >= 0.6 is 0 Å². The van der Waals surface area contributed by atoms with E-state index in [0.717, 1.165) is 18.8 Å². The number of benzene rings is 1. The van der Waals surface area contributed by atoms with Crippen molar-refractivity contribution in [2.75, 3.05) is 20.2 Å². The topological polar surface area (TPSA) is 21.3 Å². The Morgan fingerprint density at radius 3 is 2.75 bits per heavy atom. The largest absolute Gasteiger partial charge is 0.496 e. The van der Waals surface area contributed by atoms with Gasteiger partial charge >= 0.3 is 0 Å². The molecule has 1 atom stereocenters. The first kappa shape index (κ1) is 11.5. The van der Waals surface area contributed by atoms with Gasteiger partial charge in [-0.25, -0.2) is 0 Å². The van der Waals surface area contributed by atoms with Crippen molar-refractivity contribution in [2.24, 2.45) is 0 Å². The fourth-order valence-electron chi connectivity index (χ4n) is 2.69. The van der Waals surface area contributed by atoms with Crippen molar-refractivity contribution in [1.29, 1.82) is 0 Å². The predicted octanol–water partition coefficient (Wildman–Crippen LogP) is 2.78. The summed E-state index contributed by atoms with van der Waals surface area (Å²) in [6.45, 7) is 6.53. The van der Waals surface area contributed by atoms with Crippen LogP contribution in [0.3, 0.4) is 0 Å². The summed E-state index contributed by atoms with van der Waals surface area (Å²) >= 11 is 0. The minimum atomic E-state index is 0.613. The summed E-state index contributed by atoms with van der Waals surface area (Å²) in [6, 6.07) is 4.47. The highest BCUT2D eigenvalue weighted by Crippen LogP contribution is 2.34. The van der Waals surface area contributed by atoms with E-state index in [4.69, 9.17) is 4.74 Å². The summed E-state index contributed by atoms with van der Waals surface area (Å²) < 4.78 is 5.56. The fourth-order valence-corrected chi connectivity index (χ4v) is 2.69. The lowest BCUT2D eigenvalue weighted by molar-refractivity contribution is 0.389. The van der Waals surface area contributed by atoms with Crippen molar-refractivity contribution in [3.05, 3.63) is 28.8 Å². The summed E-state index contributed by atoms with van der Waals surface area (Å²) in [5.74, 6) is 1.70. The maximum absolute atomic E-state index is 5.56. The van der Waals surface area contributed by atoms with Gasteiger partial charge < -0.3 is 10.1 Å². The molecule has 0 radical (unpaired) electrons. The molecule has 0 amide bonds. The van der Waals surface area contributed by atoms with Crippen LogP contribution in [0, 0.1) is 13.8 Å². The average molecular weight is 219 g/mol. The first-order valence-corrected chi connectivity index (χ1v) is 6.08. The smallest absolute Gasteiger partial charge is 0.125 e. The molecule has 0 aromatic heterocycles. The molecule has 1 N–H and O–H groups in total. The third kappa shape index (κ3) is 2.22. The first-order valence-electron chi connectivity index (χ1n) is 6.08. The van der Waals surface area contributed by atoms with E-state index in [1.165, 1.54) is 29.5 Å². The molecular formula is C14H21NO. The molecule has 0 bridgehead atoms. The van der Waals surface area contributed by atoms with Crippen LogP contribution in [0.15, 0.2) is 12.1 Å². The summed E-state index contributed by atoms with van der Waals surface area (Å²) in [5.41, 5.74) is 3.97. The maximum Gasteiger partial charge on any atom is 0.125 e. The summed E-state index contributed by atoms with van der Waals surface area (Å²) in [4.78, 5) is 0. The zero-order valence-corrected chi connectivity index (χ0v) is 10.5. The Kier molecular flexibility index (Phi) is 3.49. The molecule has 1 fully saturated rings. The highest BCUT2D eigenvalue weighted by atomic mass is 16.5. The predicted molar refractivity (Wildman–Crippen MR) is 67.3 cm³/mol. The number of aryl methyl sites for hydroxylation is 2. The van der Waals surface area contributed by atoms with E-state index in [9.17, 15) is 0 Å². The first-order chi connectivity index (χ1) is 7.72. The molecule has 1 heterocycles. The van der Waals surface area contributed by atoms with E-state index in [0.29, 0.717) is 5.92 Å². The van der Waals surface area contributed by atoms with Crippen LogP contribution in [-0.4, -0.2) is 20.2 Å². The second kappa shape index (κ2) is 4.88. The van der Waals surface area contributed by atoms with Crippen molar-refractivity contribution in [1.82, 2.24) is 5.32 Å². The van der Waals surface area contributed by atoms with Gasteiger partial charge in [-0.05, 0) is 44.4 Å². The van der Waals surface area contributed by atoms with E-state index in [2.05, 4.69) is 31.3 Å². The molecule has 1 aromatic carbocycles. The molecular weight excluding hydrogens is 198 g/mol. The van der Waals surface area contributed by atoms with Crippen molar-refractivity contribution >= 4 is 0 Å². The Balaban J connectivity index is 2.36. The van der Waals surface area contributed by atoms with Crippen LogP contribution in [0.4, 0.5) is 0 Å². The van der Waals surface area contributed by atoms with Gasteiger partial charge in [-0.1, -0.05) is 17.7 Å². The molecule has 2 heteroatoms. The monoisotopic (exact) mass is 219 g/mol. The van der Waals surface area contributed by atoms with E-state index in [-0.39, 0.29) is 0 Å². The molecule has 1 unspecified atom stereocenters. The zero-order chi connectivity index (χ0) is 11.5. The molecule has 1 saturated heterocycles. The lowest BCUT2D eigenvalue weighted by Crippen LogP contribution is -2.28. The van der Waals surface area contributed by atoms with Gasteiger partial charge in [0.15, 0.2) is 0 Å². The van der Waals surface area contributed by atoms with Crippen LogP contribution in [0.5, 0.6) is 5.75 Å². The molecule has 0 saturated carbocycles. The Labute approximate surface area is 98.0 Å². The minimum absolute atomic E-state index is 0.613. The van der Waals surface area contributed by atoms with Crippen molar-refractivity contribution in [2.45, 2.75) is 32.6 Å². The van der Waals surface area contributed by atoms with Gasteiger partial charge in [0.25, 0.3) is 0 Å². The number of methoxy groups -OCH3 is 1.